The van der Waals surface area contributed by atoms with Crippen LogP contribution in [0.1, 0.15) is 40.0 Å². The van der Waals surface area contributed by atoms with E-state index in [1.54, 1.807) is 0 Å². The Morgan fingerprint density at radius 2 is 1.29 bits per heavy atom. The maximum atomic E-state index is 13.1. The van der Waals surface area contributed by atoms with Crippen molar-refractivity contribution in [3.05, 3.63) is 22.2 Å². The molecule has 31 heavy (non-hydrogen) atoms. The largest absolute Gasteiger partial charge is 0.574 e. The second kappa shape index (κ2) is 14.6. The highest BCUT2D eigenvalue weighted by molar-refractivity contribution is 6.69. The normalized spacial score (nSPS) is 13.6. The van der Waals surface area contributed by atoms with Crippen LogP contribution in [-0.2, 0) is 45.6 Å². The molecule has 0 N–H and O–H groups in total. The van der Waals surface area contributed by atoms with Gasteiger partial charge in [-0.15, -0.1) is 0 Å². The number of hydrogen-bond donors (Lipinski definition) is 0. The lowest BCUT2D eigenvalue weighted by Gasteiger charge is -2.27. The molecule has 0 saturated heterocycles. The molecule has 0 aromatic carbocycles. The first-order valence-electron chi connectivity index (χ1n) is 9.83. The summed E-state index contributed by atoms with van der Waals surface area (Å²) in [6, 6.07) is 0. The Kier molecular flexibility index (Phi) is 14.0. The summed E-state index contributed by atoms with van der Waals surface area (Å²) in [7, 11) is 1.42. The smallest absolute Gasteiger partial charge is 0.462 e. The SMILES string of the molecule is CCCOC(=O)C(C)=C(OC(=O)C(=C[Si](OC)(OC)OC)CCC)[Si](OC)(OC)OC. The highest BCUT2D eigenvalue weighted by atomic mass is 28.4. The van der Waals surface area contributed by atoms with Gasteiger partial charge in [-0.2, -0.15) is 0 Å². The third-order valence-electron chi connectivity index (χ3n) is 4.35. The van der Waals surface area contributed by atoms with Crippen molar-refractivity contribution < 1.29 is 45.6 Å². The molecule has 0 atom stereocenters. The van der Waals surface area contributed by atoms with Crippen molar-refractivity contribution in [2.45, 2.75) is 40.0 Å². The fraction of sp³-hybridized carbons (Fsp3) is 0.684. The van der Waals surface area contributed by atoms with E-state index in [1.165, 1.54) is 55.3 Å². The van der Waals surface area contributed by atoms with Gasteiger partial charge in [-0.25, -0.2) is 9.59 Å². The Labute approximate surface area is 187 Å². The topological polar surface area (TPSA) is 108 Å². The van der Waals surface area contributed by atoms with Crippen molar-refractivity contribution in [2.24, 2.45) is 0 Å². The van der Waals surface area contributed by atoms with Gasteiger partial charge in [-0.3, -0.25) is 0 Å². The van der Waals surface area contributed by atoms with Gasteiger partial charge < -0.3 is 36.0 Å². The molecule has 0 heterocycles. The summed E-state index contributed by atoms with van der Waals surface area (Å²) in [5.74, 6) is -1.39. The average Bonchev–Trinajstić information content (AvgIpc) is 2.80. The zero-order chi connectivity index (χ0) is 24.1. The van der Waals surface area contributed by atoms with Crippen molar-refractivity contribution in [3.63, 3.8) is 0 Å². The van der Waals surface area contributed by atoms with E-state index in [0.717, 1.165) is 0 Å². The van der Waals surface area contributed by atoms with Gasteiger partial charge in [0.15, 0.2) is 5.38 Å². The molecule has 0 aliphatic rings. The molecule has 10 nitrogen and oxygen atoms in total. The Morgan fingerprint density at radius 1 is 0.774 bits per heavy atom. The Balaban J connectivity index is 6.39. The number of carbonyl (C=O) groups is 2. The standard InChI is InChI=1S/C19H36O10Si2/c1-10-12-16(14-30(22-4,23-5)24-6)18(21)29-19(31(25-7,26-8)27-9)15(3)17(20)28-13-11-2/h14H,10-13H2,1-9H3. The quantitative estimate of drug-likeness (QED) is 0.150. The maximum Gasteiger partial charge on any atom is 0.574 e. The Morgan fingerprint density at radius 3 is 1.68 bits per heavy atom. The summed E-state index contributed by atoms with van der Waals surface area (Å²) in [5, 5.41) is -0.146. The highest BCUT2D eigenvalue weighted by Gasteiger charge is 2.49. The van der Waals surface area contributed by atoms with Crippen molar-refractivity contribution in [1.29, 1.82) is 0 Å². The van der Waals surface area contributed by atoms with E-state index in [-0.39, 0.29) is 23.1 Å². The molecule has 0 amide bonds. The lowest BCUT2D eigenvalue weighted by atomic mass is 10.2. The van der Waals surface area contributed by atoms with E-state index in [2.05, 4.69) is 0 Å². The van der Waals surface area contributed by atoms with E-state index in [1.807, 2.05) is 13.8 Å². The lowest BCUT2D eigenvalue weighted by Crippen LogP contribution is -2.48. The van der Waals surface area contributed by atoms with Gasteiger partial charge in [0.1, 0.15) is 0 Å². The first kappa shape index (κ1) is 29.6. The van der Waals surface area contributed by atoms with Gasteiger partial charge in [0.2, 0.25) is 0 Å². The van der Waals surface area contributed by atoms with Crippen molar-refractivity contribution >= 4 is 29.5 Å². The number of ether oxygens (including phenoxy) is 2. The van der Waals surface area contributed by atoms with Gasteiger partial charge in [0.25, 0.3) is 0 Å². The summed E-state index contributed by atoms with van der Waals surface area (Å²) in [6.07, 6.45) is 1.63. The van der Waals surface area contributed by atoms with E-state index in [9.17, 15) is 9.59 Å². The van der Waals surface area contributed by atoms with Gasteiger partial charge in [-0.1, -0.05) is 20.3 Å². The summed E-state index contributed by atoms with van der Waals surface area (Å²) < 4.78 is 43.3. The average molecular weight is 481 g/mol. The van der Waals surface area contributed by atoms with Crippen LogP contribution >= 0.6 is 0 Å². The van der Waals surface area contributed by atoms with Crippen LogP contribution in [-0.4, -0.2) is 78.8 Å². The van der Waals surface area contributed by atoms with Crippen LogP contribution in [0.25, 0.3) is 0 Å². The first-order valence-corrected chi connectivity index (χ1v) is 13.4. The molecule has 0 spiro atoms. The van der Waals surface area contributed by atoms with Crippen LogP contribution in [0.3, 0.4) is 0 Å². The van der Waals surface area contributed by atoms with Crippen LogP contribution < -0.4 is 0 Å². The number of hydrogen-bond acceptors (Lipinski definition) is 10. The zero-order valence-electron chi connectivity index (χ0n) is 20.0. The van der Waals surface area contributed by atoms with Crippen LogP contribution in [0.5, 0.6) is 0 Å². The summed E-state index contributed by atoms with van der Waals surface area (Å²) >= 11 is 0. The molecular weight excluding hydrogens is 444 g/mol. The van der Waals surface area contributed by atoms with Crippen LogP contribution in [0.4, 0.5) is 0 Å². The molecule has 0 fully saturated rings. The molecule has 0 aliphatic heterocycles. The number of carbonyl (C=O) groups excluding carboxylic acids is 2. The van der Waals surface area contributed by atoms with Crippen LogP contribution in [0.15, 0.2) is 22.2 Å². The fourth-order valence-electron chi connectivity index (χ4n) is 2.59. The van der Waals surface area contributed by atoms with Gasteiger partial charge in [-0.05, 0) is 25.5 Å². The van der Waals surface area contributed by atoms with E-state index >= 15 is 0 Å². The molecular formula is C19H36O10Si2. The molecule has 0 rings (SSSR count). The minimum absolute atomic E-state index is 0.0172. The minimum Gasteiger partial charge on any atom is -0.462 e. The monoisotopic (exact) mass is 480 g/mol. The number of rotatable bonds is 15. The Hall–Kier alpha value is -1.39. The molecule has 0 aromatic heterocycles. The Bertz CT molecular complexity index is 623. The van der Waals surface area contributed by atoms with Crippen LogP contribution in [0, 0.1) is 0 Å². The van der Waals surface area contributed by atoms with Crippen LogP contribution in [0.2, 0.25) is 0 Å². The van der Waals surface area contributed by atoms with Gasteiger partial charge in [0, 0.05) is 48.2 Å². The van der Waals surface area contributed by atoms with E-state index in [4.69, 9.17) is 36.0 Å². The second-order valence-electron chi connectivity index (χ2n) is 6.28. The third-order valence-corrected chi connectivity index (χ3v) is 9.40. The van der Waals surface area contributed by atoms with Crippen molar-refractivity contribution in [1.82, 2.24) is 0 Å². The zero-order valence-corrected chi connectivity index (χ0v) is 22.0. The predicted octanol–water partition coefficient (Wildman–Crippen LogP) is 2.32. The first-order chi connectivity index (χ1) is 14.7. The van der Waals surface area contributed by atoms with Gasteiger partial charge >= 0.3 is 29.5 Å². The lowest BCUT2D eigenvalue weighted by molar-refractivity contribution is -0.139. The molecule has 0 radical (unpaired) electrons. The molecule has 0 aliphatic carbocycles. The molecule has 0 unspecified atom stereocenters. The van der Waals surface area contributed by atoms with Crippen molar-refractivity contribution in [3.8, 4) is 0 Å². The summed E-state index contributed by atoms with van der Waals surface area (Å²) in [4.78, 5) is 25.6. The number of esters is 2. The highest BCUT2D eigenvalue weighted by Crippen LogP contribution is 2.26. The third kappa shape index (κ3) is 7.91. The summed E-state index contributed by atoms with van der Waals surface area (Å²) in [5.41, 5.74) is 1.79. The molecule has 0 saturated carbocycles. The fourth-order valence-corrected chi connectivity index (χ4v) is 5.97. The van der Waals surface area contributed by atoms with Crippen molar-refractivity contribution in [2.75, 3.05) is 49.3 Å². The molecule has 12 heteroatoms. The van der Waals surface area contributed by atoms with E-state index < -0.39 is 29.5 Å². The summed E-state index contributed by atoms with van der Waals surface area (Å²) in [6.45, 7) is 5.44. The maximum absolute atomic E-state index is 13.1. The van der Waals surface area contributed by atoms with Gasteiger partial charge in [0.05, 0.1) is 12.2 Å². The molecule has 0 aromatic rings. The minimum atomic E-state index is -3.70. The molecule has 0 bridgehead atoms. The van der Waals surface area contributed by atoms with E-state index in [0.29, 0.717) is 19.3 Å². The predicted molar refractivity (Wildman–Crippen MR) is 117 cm³/mol. The second-order valence-corrected chi connectivity index (χ2v) is 11.8. The molecule has 180 valence electrons.